The van der Waals surface area contributed by atoms with Crippen LogP contribution in [-0.4, -0.2) is 5.97 Å². The highest BCUT2D eigenvalue weighted by atomic mass is 32.1. The fourth-order valence-electron chi connectivity index (χ4n) is 0.681. The predicted molar refractivity (Wildman–Crippen MR) is 40.6 cm³/mol. The Labute approximate surface area is 71.8 Å². The largest absolute Gasteiger partial charge is 0.415 e. The molecule has 1 aromatic heterocycles. The van der Waals surface area contributed by atoms with Crippen LogP contribution in [0.3, 0.4) is 0 Å². The Hall–Kier alpha value is -0.970. The molecule has 0 N–H and O–H groups in total. The number of rotatable bonds is 2. The monoisotopic (exact) mass is 192 g/mol. The van der Waals surface area contributed by atoms with Gasteiger partial charge in [-0.15, -0.1) is 11.3 Å². The van der Waals surface area contributed by atoms with Crippen molar-refractivity contribution in [3.8, 4) is 5.06 Å². The van der Waals surface area contributed by atoms with Gasteiger partial charge in [-0.2, -0.15) is 0 Å². The van der Waals surface area contributed by atoms with Gasteiger partial charge in [0.2, 0.25) is 0 Å². The molecule has 0 aliphatic rings. The van der Waals surface area contributed by atoms with Gasteiger partial charge in [-0.1, -0.05) is 0 Å². The van der Waals surface area contributed by atoms with Crippen molar-refractivity contribution in [2.24, 2.45) is 0 Å². The molecule has 1 heterocycles. The Morgan fingerprint density at radius 2 is 2.33 bits per heavy atom. The molecule has 66 valence electrons. The molecule has 0 spiro atoms. The number of hydrogen-bond acceptors (Lipinski definition) is 3. The van der Waals surface area contributed by atoms with E-state index in [1.807, 2.05) is 0 Å². The van der Waals surface area contributed by atoms with Crippen LogP contribution in [0.5, 0.6) is 5.06 Å². The number of ether oxygens (including phenoxy) is 1. The van der Waals surface area contributed by atoms with Gasteiger partial charge < -0.3 is 4.74 Å². The smallest absolute Gasteiger partial charge is 0.308 e. The van der Waals surface area contributed by atoms with E-state index in [0.717, 1.165) is 11.3 Å². The maximum Gasteiger partial charge on any atom is 0.308 e. The van der Waals surface area contributed by atoms with E-state index >= 15 is 0 Å². The SMILES string of the molecule is CC(=O)Oc1sccc1C(F)F. The Morgan fingerprint density at radius 3 is 2.83 bits per heavy atom. The molecule has 0 fully saturated rings. The second kappa shape index (κ2) is 3.62. The lowest BCUT2D eigenvalue weighted by Gasteiger charge is -2.00. The Balaban J connectivity index is 2.84. The Morgan fingerprint density at radius 1 is 1.67 bits per heavy atom. The first kappa shape index (κ1) is 9.12. The fraction of sp³-hybridized carbons (Fsp3) is 0.286. The number of hydrogen-bond donors (Lipinski definition) is 0. The van der Waals surface area contributed by atoms with Crippen molar-refractivity contribution < 1.29 is 18.3 Å². The van der Waals surface area contributed by atoms with Crippen molar-refractivity contribution in [1.82, 2.24) is 0 Å². The van der Waals surface area contributed by atoms with Crippen LogP contribution < -0.4 is 4.74 Å². The third kappa shape index (κ3) is 2.01. The fourth-order valence-corrected chi connectivity index (χ4v) is 1.48. The summed E-state index contributed by atoms with van der Waals surface area (Å²) >= 11 is 0.983. The van der Waals surface area contributed by atoms with Crippen LogP contribution in [0.1, 0.15) is 18.9 Å². The van der Waals surface area contributed by atoms with E-state index in [1.54, 1.807) is 0 Å². The van der Waals surface area contributed by atoms with Crippen LogP contribution in [0.2, 0.25) is 0 Å². The second-order valence-electron chi connectivity index (χ2n) is 2.06. The molecule has 0 amide bonds. The summed E-state index contributed by atoms with van der Waals surface area (Å²) in [6.07, 6.45) is -2.59. The molecular formula is C7H6F2O2S. The summed E-state index contributed by atoms with van der Waals surface area (Å²) in [6.45, 7) is 1.18. The first-order chi connectivity index (χ1) is 5.61. The van der Waals surface area contributed by atoms with E-state index in [1.165, 1.54) is 18.4 Å². The molecule has 0 aromatic carbocycles. The zero-order valence-corrected chi connectivity index (χ0v) is 7.03. The topological polar surface area (TPSA) is 26.3 Å². The summed E-state index contributed by atoms with van der Waals surface area (Å²) in [6, 6.07) is 1.24. The number of carbonyl (C=O) groups excluding carboxylic acids is 1. The number of halogens is 2. The van der Waals surface area contributed by atoms with Crippen molar-refractivity contribution in [3.05, 3.63) is 17.0 Å². The first-order valence-corrected chi connectivity index (χ1v) is 4.03. The number of carbonyl (C=O) groups is 1. The number of alkyl halides is 2. The van der Waals surface area contributed by atoms with Crippen molar-refractivity contribution in [2.75, 3.05) is 0 Å². The summed E-state index contributed by atoms with van der Waals surface area (Å²) in [5, 5.41) is 1.44. The normalized spacial score (nSPS) is 10.3. The molecule has 1 rings (SSSR count). The van der Waals surface area contributed by atoms with E-state index in [-0.39, 0.29) is 10.6 Å². The molecule has 0 aliphatic carbocycles. The third-order valence-corrected chi connectivity index (χ3v) is 1.94. The highest BCUT2D eigenvalue weighted by molar-refractivity contribution is 7.12. The van der Waals surface area contributed by atoms with Gasteiger partial charge in [0.05, 0.1) is 5.56 Å². The molecule has 0 radical (unpaired) electrons. The molecular weight excluding hydrogens is 186 g/mol. The summed E-state index contributed by atoms with van der Waals surface area (Å²) in [7, 11) is 0. The lowest BCUT2D eigenvalue weighted by Crippen LogP contribution is -2.01. The third-order valence-electron chi connectivity index (χ3n) is 1.13. The molecule has 0 unspecified atom stereocenters. The van der Waals surface area contributed by atoms with Crippen LogP contribution in [-0.2, 0) is 4.79 Å². The van der Waals surface area contributed by atoms with E-state index in [0.29, 0.717) is 0 Å². The van der Waals surface area contributed by atoms with E-state index in [9.17, 15) is 13.6 Å². The van der Waals surface area contributed by atoms with Gasteiger partial charge in [0.1, 0.15) is 0 Å². The quantitative estimate of drug-likeness (QED) is 0.673. The van der Waals surface area contributed by atoms with Crippen LogP contribution in [0.4, 0.5) is 8.78 Å². The zero-order chi connectivity index (χ0) is 9.14. The van der Waals surface area contributed by atoms with E-state index in [4.69, 9.17) is 0 Å². The maximum absolute atomic E-state index is 12.1. The van der Waals surface area contributed by atoms with Crippen LogP contribution >= 0.6 is 11.3 Å². The van der Waals surface area contributed by atoms with Gasteiger partial charge in [-0.05, 0) is 11.4 Å². The molecule has 5 heteroatoms. The molecule has 0 saturated carbocycles. The maximum atomic E-state index is 12.1. The minimum atomic E-state index is -2.59. The molecule has 1 aromatic rings. The molecule has 0 saturated heterocycles. The number of thiophene rings is 1. The van der Waals surface area contributed by atoms with Gasteiger partial charge in [0, 0.05) is 6.92 Å². The molecule has 12 heavy (non-hydrogen) atoms. The van der Waals surface area contributed by atoms with Crippen molar-refractivity contribution in [1.29, 1.82) is 0 Å². The van der Waals surface area contributed by atoms with Crippen molar-refractivity contribution in [3.63, 3.8) is 0 Å². The lowest BCUT2D eigenvalue weighted by molar-refractivity contribution is -0.131. The Bertz CT molecular complexity index is 283. The van der Waals surface area contributed by atoms with Crippen LogP contribution in [0, 0.1) is 0 Å². The summed E-state index contributed by atoms with van der Waals surface area (Å²) in [5.41, 5.74) is -0.227. The molecule has 0 bridgehead atoms. The van der Waals surface area contributed by atoms with Crippen molar-refractivity contribution >= 4 is 17.3 Å². The predicted octanol–water partition coefficient (Wildman–Crippen LogP) is 2.61. The first-order valence-electron chi connectivity index (χ1n) is 3.15. The minimum absolute atomic E-state index is 0.0162. The molecule has 0 atom stereocenters. The highest BCUT2D eigenvalue weighted by Crippen LogP contribution is 2.33. The highest BCUT2D eigenvalue weighted by Gasteiger charge is 2.16. The van der Waals surface area contributed by atoms with Crippen LogP contribution in [0.15, 0.2) is 11.4 Å². The van der Waals surface area contributed by atoms with Gasteiger partial charge in [-0.3, -0.25) is 4.79 Å². The van der Waals surface area contributed by atoms with Crippen LogP contribution in [0.25, 0.3) is 0 Å². The van der Waals surface area contributed by atoms with E-state index < -0.39 is 12.4 Å². The Kier molecular flexibility index (Phi) is 2.75. The average Bonchev–Trinajstić information content (AvgIpc) is 2.33. The van der Waals surface area contributed by atoms with Crippen molar-refractivity contribution in [2.45, 2.75) is 13.3 Å². The lowest BCUT2D eigenvalue weighted by atomic mass is 10.3. The minimum Gasteiger partial charge on any atom is -0.415 e. The second-order valence-corrected chi connectivity index (χ2v) is 2.94. The summed E-state index contributed by atoms with van der Waals surface area (Å²) in [4.78, 5) is 10.4. The van der Waals surface area contributed by atoms with Gasteiger partial charge >= 0.3 is 5.97 Å². The van der Waals surface area contributed by atoms with Gasteiger partial charge in [0.15, 0.2) is 5.06 Å². The van der Waals surface area contributed by atoms with Gasteiger partial charge in [-0.25, -0.2) is 8.78 Å². The number of esters is 1. The summed E-state index contributed by atoms with van der Waals surface area (Å²) in [5.74, 6) is -0.584. The molecule has 0 aliphatic heterocycles. The molecule has 2 nitrogen and oxygen atoms in total. The van der Waals surface area contributed by atoms with E-state index in [2.05, 4.69) is 4.74 Å². The average molecular weight is 192 g/mol. The standard InChI is InChI=1S/C7H6F2O2S/c1-4(10)11-7-5(6(8)9)2-3-12-7/h2-3,6H,1H3. The zero-order valence-electron chi connectivity index (χ0n) is 6.21. The summed E-state index contributed by atoms with van der Waals surface area (Å²) < 4.78 is 28.8. The van der Waals surface area contributed by atoms with Gasteiger partial charge in [0.25, 0.3) is 6.43 Å².